The number of nitrogens with one attached hydrogen (secondary N) is 1. The quantitative estimate of drug-likeness (QED) is 0.709. The van der Waals surface area contributed by atoms with Crippen LogP contribution in [0.2, 0.25) is 0 Å². The fourth-order valence-corrected chi connectivity index (χ4v) is 3.65. The number of halogens is 1. The van der Waals surface area contributed by atoms with Gasteiger partial charge in [-0.2, -0.15) is 0 Å². The Morgan fingerprint density at radius 1 is 1.24 bits per heavy atom. The summed E-state index contributed by atoms with van der Waals surface area (Å²) >= 11 is 5.06. The van der Waals surface area contributed by atoms with Gasteiger partial charge in [-0.3, -0.25) is 0 Å². The van der Waals surface area contributed by atoms with E-state index in [2.05, 4.69) is 21.2 Å². The highest BCUT2D eigenvalue weighted by Crippen LogP contribution is 2.26. The van der Waals surface area contributed by atoms with Crippen LogP contribution in [0.4, 0.5) is 0 Å². The molecule has 3 rings (SSSR count). The Morgan fingerprint density at radius 2 is 2.05 bits per heavy atom. The van der Waals surface area contributed by atoms with Gasteiger partial charge in [0.05, 0.1) is 10.3 Å². The molecule has 0 spiro atoms. The second kappa shape index (κ2) is 6.01. The first-order chi connectivity index (χ1) is 10.1. The van der Waals surface area contributed by atoms with Gasteiger partial charge in [-0.25, -0.2) is 4.79 Å². The largest absolute Gasteiger partial charge is 0.478 e. The summed E-state index contributed by atoms with van der Waals surface area (Å²) in [6, 6.07) is 11.2. The van der Waals surface area contributed by atoms with E-state index in [0.717, 1.165) is 3.79 Å². The average molecular weight is 366 g/mol. The lowest BCUT2D eigenvalue weighted by atomic mass is 10.1. The van der Waals surface area contributed by atoms with Crippen molar-refractivity contribution in [3.63, 3.8) is 0 Å². The number of fused-ring (bicyclic) bond motifs is 1. The van der Waals surface area contributed by atoms with Gasteiger partial charge < -0.3 is 14.8 Å². The third-order valence-electron chi connectivity index (χ3n) is 3.10. The van der Waals surface area contributed by atoms with Gasteiger partial charge in [-0.1, -0.05) is 18.2 Å². The maximum Gasteiger partial charge on any atom is 0.339 e. The predicted octanol–water partition coefficient (Wildman–Crippen LogP) is 4.24. The lowest BCUT2D eigenvalue weighted by molar-refractivity contribution is 0.0696. The van der Waals surface area contributed by atoms with Gasteiger partial charge in [0.1, 0.15) is 16.9 Å². The van der Waals surface area contributed by atoms with Crippen molar-refractivity contribution in [3.8, 4) is 0 Å². The first-order valence-corrected chi connectivity index (χ1v) is 7.94. The molecule has 0 atom stereocenters. The molecule has 0 aliphatic rings. The van der Waals surface area contributed by atoms with Crippen molar-refractivity contribution in [1.29, 1.82) is 0 Å². The lowest BCUT2D eigenvalue weighted by Crippen LogP contribution is -2.13. The molecule has 0 amide bonds. The van der Waals surface area contributed by atoms with Crippen molar-refractivity contribution in [1.82, 2.24) is 5.32 Å². The molecule has 0 bridgehead atoms. The number of benzene rings is 1. The molecule has 3 aromatic rings. The minimum absolute atomic E-state index is 0.241. The van der Waals surface area contributed by atoms with E-state index in [1.807, 2.05) is 24.3 Å². The zero-order valence-electron chi connectivity index (χ0n) is 10.9. The monoisotopic (exact) mass is 365 g/mol. The minimum atomic E-state index is -0.962. The molecule has 0 aliphatic heterocycles. The summed E-state index contributed by atoms with van der Waals surface area (Å²) in [5.74, 6) is -0.505. The average Bonchev–Trinajstić information content (AvgIpc) is 3.02. The van der Waals surface area contributed by atoms with Crippen LogP contribution in [0.15, 0.2) is 44.6 Å². The van der Waals surface area contributed by atoms with E-state index in [-0.39, 0.29) is 5.56 Å². The van der Waals surface area contributed by atoms with Crippen LogP contribution in [-0.2, 0) is 13.1 Å². The molecular weight excluding hydrogens is 354 g/mol. The van der Waals surface area contributed by atoms with Crippen LogP contribution in [-0.4, -0.2) is 11.1 Å². The molecule has 21 heavy (non-hydrogen) atoms. The Hall–Kier alpha value is -1.63. The Balaban J connectivity index is 1.80. The van der Waals surface area contributed by atoms with Crippen molar-refractivity contribution in [2.45, 2.75) is 13.1 Å². The molecule has 0 radical (unpaired) electrons. The molecular formula is C15H12BrNO3S. The van der Waals surface area contributed by atoms with Crippen LogP contribution in [0.25, 0.3) is 11.0 Å². The first-order valence-electron chi connectivity index (χ1n) is 6.34. The zero-order chi connectivity index (χ0) is 14.8. The Bertz CT molecular complexity index is 793. The highest BCUT2D eigenvalue weighted by molar-refractivity contribution is 9.11. The van der Waals surface area contributed by atoms with E-state index in [1.165, 1.54) is 4.88 Å². The van der Waals surface area contributed by atoms with Gasteiger partial charge in [0.15, 0.2) is 0 Å². The lowest BCUT2D eigenvalue weighted by Gasteiger charge is -2.01. The van der Waals surface area contributed by atoms with E-state index in [4.69, 9.17) is 4.42 Å². The molecule has 0 saturated heterocycles. The van der Waals surface area contributed by atoms with Gasteiger partial charge in [0.25, 0.3) is 0 Å². The van der Waals surface area contributed by atoms with Crippen molar-refractivity contribution in [3.05, 3.63) is 56.4 Å². The molecule has 2 aromatic heterocycles. The molecule has 108 valence electrons. The van der Waals surface area contributed by atoms with E-state index < -0.39 is 5.97 Å². The number of para-hydroxylation sites is 1. The standard InChI is InChI=1S/C15H12BrNO3S/c16-13-6-5-9(21-13)7-17-8-12-14(15(18)19)10-3-1-2-4-11(10)20-12/h1-6,17H,7-8H2,(H,18,19). The highest BCUT2D eigenvalue weighted by Gasteiger charge is 2.19. The second-order valence-corrected chi connectivity index (χ2v) is 7.06. The van der Waals surface area contributed by atoms with Crippen LogP contribution in [0, 0.1) is 0 Å². The summed E-state index contributed by atoms with van der Waals surface area (Å²) in [7, 11) is 0. The Morgan fingerprint density at radius 3 is 2.76 bits per heavy atom. The van der Waals surface area contributed by atoms with Crippen LogP contribution < -0.4 is 5.32 Å². The van der Waals surface area contributed by atoms with Crippen molar-refractivity contribution < 1.29 is 14.3 Å². The summed E-state index contributed by atoms with van der Waals surface area (Å²) in [4.78, 5) is 12.6. The molecule has 0 saturated carbocycles. The number of hydrogen-bond acceptors (Lipinski definition) is 4. The van der Waals surface area contributed by atoms with Gasteiger partial charge in [-0.05, 0) is 34.1 Å². The van der Waals surface area contributed by atoms with Crippen molar-refractivity contribution in [2.24, 2.45) is 0 Å². The molecule has 0 aliphatic carbocycles. The van der Waals surface area contributed by atoms with Crippen molar-refractivity contribution in [2.75, 3.05) is 0 Å². The summed E-state index contributed by atoms with van der Waals surface area (Å²) in [6.07, 6.45) is 0. The van der Waals surface area contributed by atoms with Crippen molar-refractivity contribution >= 4 is 44.2 Å². The number of hydrogen-bond donors (Lipinski definition) is 2. The maximum absolute atomic E-state index is 11.4. The molecule has 0 fully saturated rings. The highest BCUT2D eigenvalue weighted by atomic mass is 79.9. The normalized spacial score (nSPS) is 11.1. The fourth-order valence-electron chi connectivity index (χ4n) is 2.20. The maximum atomic E-state index is 11.4. The number of carbonyl (C=O) groups is 1. The van der Waals surface area contributed by atoms with E-state index in [9.17, 15) is 9.90 Å². The summed E-state index contributed by atoms with van der Waals surface area (Å²) in [5.41, 5.74) is 0.844. The third-order valence-corrected chi connectivity index (χ3v) is 4.72. The first kappa shape index (κ1) is 14.3. The van der Waals surface area contributed by atoms with E-state index in [1.54, 1.807) is 23.5 Å². The molecule has 4 nitrogen and oxygen atoms in total. The number of thiophene rings is 1. The Kier molecular flexibility index (Phi) is 4.10. The molecule has 2 N–H and O–H groups in total. The zero-order valence-corrected chi connectivity index (χ0v) is 13.3. The topological polar surface area (TPSA) is 62.5 Å². The Labute approximate surface area is 133 Å². The molecule has 0 unspecified atom stereocenters. The SMILES string of the molecule is O=C(O)c1c(CNCc2ccc(Br)s2)oc2ccccc12. The number of aromatic carboxylic acids is 1. The van der Waals surface area contributed by atoms with E-state index in [0.29, 0.717) is 29.8 Å². The van der Waals surface area contributed by atoms with Crippen LogP contribution in [0.1, 0.15) is 21.0 Å². The van der Waals surface area contributed by atoms with E-state index >= 15 is 0 Å². The minimum Gasteiger partial charge on any atom is -0.478 e. The molecule has 6 heteroatoms. The van der Waals surface area contributed by atoms with Crippen LogP contribution >= 0.6 is 27.3 Å². The van der Waals surface area contributed by atoms with Crippen LogP contribution in [0.3, 0.4) is 0 Å². The fraction of sp³-hybridized carbons (Fsp3) is 0.133. The summed E-state index contributed by atoms with van der Waals surface area (Å²) in [5, 5.41) is 13.2. The molecule has 2 heterocycles. The molecule has 1 aromatic carbocycles. The van der Waals surface area contributed by atoms with Gasteiger partial charge >= 0.3 is 5.97 Å². The summed E-state index contributed by atoms with van der Waals surface area (Å²) in [6.45, 7) is 1.05. The second-order valence-electron chi connectivity index (χ2n) is 4.51. The van der Waals surface area contributed by atoms with Gasteiger partial charge in [0.2, 0.25) is 0 Å². The van der Waals surface area contributed by atoms with Gasteiger partial charge in [-0.15, -0.1) is 11.3 Å². The number of furan rings is 1. The number of rotatable bonds is 5. The van der Waals surface area contributed by atoms with Gasteiger partial charge in [0, 0.05) is 16.8 Å². The smallest absolute Gasteiger partial charge is 0.339 e. The summed E-state index contributed by atoms with van der Waals surface area (Å²) < 4.78 is 6.73. The van der Waals surface area contributed by atoms with Crippen LogP contribution in [0.5, 0.6) is 0 Å². The number of carboxylic acids is 1. The third kappa shape index (κ3) is 3.02. The predicted molar refractivity (Wildman–Crippen MR) is 85.7 cm³/mol. The number of carboxylic acid groups (broad SMARTS) is 1.